The number of aliphatic hydroxyl groups excluding tert-OH is 3. The van der Waals surface area contributed by atoms with Gasteiger partial charge in [0.1, 0.15) is 36.2 Å². The highest BCUT2D eigenvalue weighted by molar-refractivity contribution is 5.91. The van der Waals surface area contributed by atoms with Gasteiger partial charge in [-0.15, -0.1) is 5.10 Å². The summed E-state index contributed by atoms with van der Waals surface area (Å²) in [5.41, 5.74) is 2.45. The summed E-state index contributed by atoms with van der Waals surface area (Å²) in [7, 11) is 6.55. The van der Waals surface area contributed by atoms with E-state index in [1.807, 2.05) is 77.2 Å². The molecule has 7 unspecified atom stereocenters. The predicted octanol–water partition coefficient (Wildman–Crippen LogP) is 4.99. The van der Waals surface area contributed by atoms with Crippen LogP contribution in [0.15, 0.2) is 60.3 Å². The Morgan fingerprint density at radius 1 is 1.00 bits per heavy atom. The van der Waals surface area contributed by atoms with Crippen LogP contribution >= 0.6 is 0 Å². The van der Waals surface area contributed by atoms with Crippen molar-refractivity contribution < 1.29 is 58.1 Å². The number of carbonyl (C=O) groups excluding carboxylic acids is 2. The summed E-state index contributed by atoms with van der Waals surface area (Å²) in [5.74, 6) is -1.92. The molecule has 16 heteroatoms. The summed E-state index contributed by atoms with van der Waals surface area (Å²) in [6.45, 7) is 13.6. The molecule has 2 aliphatic rings. The van der Waals surface area contributed by atoms with Crippen LogP contribution in [0.25, 0.3) is 11.3 Å². The number of hydrogen-bond acceptors (Lipinski definition) is 15. The van der Waals surface area contributed by atoms with Crippen LogP contribution in [-0.2, 0) is 49.3 Å². The molecule has 16 nitrogen and oxygen atoms in total. The van der Waals surface area contributed by atoms with Crippen molar-refractivity contribution in [3.63, 3.8) is 0 Å². The van der Waals surface area contributed by atoms with E-state index in [0.717, 1.165) is 16.8 Å². The van der Waals surface area contributed by atoms with Crippen LogP contribution in [0.3, 0.4) is 0 Å². The molecular weight excluding hydrogens is 825 g/mol. The quantitative estimate of drug-likeness (QED) is 0.134. The van der Waals surface area contributed by atoms with Gasteiger partial charge in [0.2, 0.25) is 0 Å². The van der Waals surface area contributed by atoms with E-state index in [1.165, 1.54) is 14.2 Å². The fourth-order valence-electron chi connectivity index (χ4n) is 8.95. The van der Waals surface area contributed by atoms with Crippen molar-refractivity contribution in [2.75, 3.05) is 41.5 Å². The molecule has 4 rings (SSSR count). The first-order chi connectivity index (χ1) is 30.5. The Bertz CT molecular complexity index is 1750. The zero-order valence-corrected chi connectivity index (χ0v) is 39.8. The van der Waals surface area contributed by atoms with Crippen LogP contribution < -0.4 is 0 Å². The van der Waals surface area contributed by atoms with E-state index >= 15 is 0 Å². The lowest BCUT2D eigenvalue weighted by atomic mass is 9.80. The van der Waals surface area contributed by atoms with Gasteiger partial charge >= 0.3 is 5.97 Å². The molecule has 0 saturated carbocycles. The summed E-state index contributed by atoms with van der Waals surface area (Å²) in [6, 6.07) is 9.07. The second kappa shape index (κ2) is 26.1. The van der Waals surface area contributed by atoms with Crippen molar-refractivity contribution >= 4 is 11.8 Å². The Balaban J connectivity index is 1.69. The highest BCUT2D eigenvalue weighted by Gasteiger charge is 2.45. The summed E-state index contributed by atoms with van der Waals surface area (Å²) in [6.07, 6.45) is 0.731. The third-order valence-corrected chi connectivity index (χ3v) is 12.6. The minimum Gasteiger partial charge on any atom is -0.462 e. The number of aryl methyl sites for hydroxylation is 1. The van der Waals surface area contributed by atoms with E-state index in [4.69, 9.17) is 33.2 Å². The lowest BCUT2D eigenvalue weighted by molar-refractivity contribution is -0.304. The third kappa shape index (κ3) is 14.8. The summed E-state index contributed by atoms with van der Waals surface area (Å²) < 4.78 is 44.6. The van der Waals surface area contributed by atoms with Gasteiger partial charge in [0.15, 0.2) is 18.4 Å². The Morgan fingerprint density at radius 2 is 1.70 bits per heavy atom. The predicted molar refractivity (Wildman–Crippen MR) is 241 cm³/mol. The van der Waals surface area contributed by atoms with Crippen molar-refractivity contribution in [1.29, 1.82) is 0 Å². The molecule has 2 aromatic rings. The molecule has 64 heavy (non-hydrogen) atoms. The average molecular weight is 901 g/mol. The molecule has 15 atom stereocenters. The number of aromatic nitrogens is 3. The number of benzene rings is 1. The second-order valence-corrected chi connectivity index (χ2v) is 17.7. The Morgan fingerprint density at radius 3 is 2.33 bits per heavy atom. The number of hydrogen-bond donors (Lipinski definition) is 3. The van der Waals surface area contributed by atoms with Crippen LogP contribution in [0.1, 0.15) is 80.6 Å². The van der Waals surface area contributed by atoms with Crippen LogP contribution in [0, 0.1) is 23.7 Å². The lowest BCUT2D eigenvalue weighted by Crippen LogP contribution is -2.59. The Hall–Kier alpha value is -3.42. The molecule has 360 valence electrons. The first-order valence-electron chi connectivity index (χ1n) is 22.9. The SMILES string of the molecule is CCO[C@@H](O[C@H]1[C@@H](CCn2cc(-c3ccccc3)nn2)C[C@@H](C)C(=O)/C=C/C(C)=C/[C@H](COC2OC(C)C(O)C(OC)C2OC)[C@@H](CC)OC(=O)CC[C@@H]1C)C(O)C([C@@H](C)O)N(C)C. The van der Waals surface area contributed by atoms with E-state index in [2.05, 4.69) is 10.3 Å². The van der Waals surface area contributed by atoms with Crippen molar-refractivity contribution in [1.82, 2.24) is 19.9 Å². The molecule has 1 saturated heterocycles. The second-order valence-electron chi connectivity index (χ2n) is 17.7. The topological polar surface area (TPSA) is 193 Å². The van der Waals surface area contributed by atoms with Gasteiger partial charge in [0.05, 0.1) is 37.2 Å². The van der Waals surface area contributed by atoms with Gasteiger partial charge in [-0.05, 0) is 85.4 Å². The smallest absolute Gasteiger partial charge is 0.306 e. The number of rotatable bonds is 18. The fourth-order valence-corrected chi connectivity index (χ4v) is 8.95. The summed E-state index contributed by atoms with van der Waals surface area (Å²) in [5, 5.41) is 42.1. The van der Waals surface area contributed by atoms with Crippen molar-refractivity contribution in [2.24, 2.45) is 23.7 Å². The average Bonchev–Trinajstić information content (AvgIpc) is 3.75. The van der Waals surface area contributed by atoms with Gasteiger partial charge in [-0.3, -0.25) is 14.3 Å². The minimum atomic E-state index is -1.25. The van der Waals surface area contributed by atoms with Crippen molar-refractivity contribution in [2.45, 2.75) is 155 Å². The van der Waals surface area contributed by atoms with Crippen molar-refractivity contribution in [3.05, 3.63) is 60.3 Å². The number of allylic oxidation sites excluding steroid dienone is 3. The lowest BCUT2D eigenvalue weighted by Gasteiger charge is -2.42. The van der Waals surface area contributed by atoms with E-state index in [0.29, 0.717) is 32.2 Å². The van der Waals surface area contributed by atoms with E-state index in [-0.39, 0.29) is 37.3 Å². The van der Waals surface area contributed by atoms with Crippen LogP contribution in [0.2, 0.25) is 0 Å². The van der Waals surface area contributed by atoms with Gasteiger partial charge < -0.3 is 53.4 Å². The highest BCUT2D eigenvalue weighted by Crippen LogP contribution is 2.34. The molecule has 0 bridgehead atoms. The van der Waals surface area contributed by atoms with Gasteiger partial charge in [-0.25, -0.2) is 0 Å². The van der Waals surface area contributed by atoms with E-state index < -0.39 is 85.3 Å². The molecule has 0 amide bonds. The van der Waals surface area contributed by atoms with Gasteiger partial charge in [0, 0.05) is 51.2 Å². The van der Waals surface area contributed by atoms with Gasteiger partial charge in [-0.1, -0.05) is 74.0 Å². The zero-order chi connectivity index (χ0) is 47.1. The number of methoxy groups -OCH3 is 2. The number of ether oxygens (including phenoxy) is 7. The molecule has 1 aromatic heterocycles. The van der Waals surface area contributed by atoms with Gasteiger partial charge in [-0.2, -0.15) is 0 Å². The summed E-state index contributed by atoms with van der Waals surface area (Å²) >= 11 is 0. The molecule has 2 aliphatic heterocycles. The number of carbonyl (C=O) groups is 2. The largest absolute Gasteiger partial charge is 0.462 e. The number of likely N-dealkylation sites (N-methyl/N-ethyl adjacent to an activating group) is 1. The summed E-state index contributed by atoms with van der Waals surface area (Å²) in [4.78, 5) is 29.6. The van der Waals surface area contributed by atoms with E-state index in [1.54, 1.807) is 49.7 Å². The maximum atomic E-state index is 14.0. The van der Waals surface area contributed by atoms with Gasteiger partial charge in [0.25, 0.3) is 0 Å². The van der Waals surface area contributed by atoms with Crippen LogP contribution in [-0.4, -0.2) is 156 Å². The monoisotopic (exact) mass is 901 g/mol. The number of esters is 1. The molecule has 0 aliphatic carbocycles. The van der Waals surface area contributed by atoms with Crippen molar-refractivity contribution in [3.8, 4) is 11.3 Å². The standard InChI is InChI=1S/C48H76N4O12/c1-12-39-36(28-61-48-46(59-11)45(58-10)42(56)33(7)62-48)25-29(3)19-21-38(54)31(5)26-35(23-24-52-27-37(49-50-52)34-17-15-14-16-18-34)44(30(4)20-22-40(55)63-39)64-47(60-13-2)43(57)41(32(6)53)51(8)9/h14-19,21,25,27,30-33,35-36,39,41-48,53,56-57H,12-13,20,22-24,26,28H2,1-11H3/b21-19+,29-25+/t30-,31+,32+,33?,35-,36+,39+,41?,42?,43?,44+,45?,46?,47-,48?/m0/s1. The zero-order valence-electron chi connectivity index (χ0n) is 39.8. The number of ketones is 1. The fraction of sp³-hybridized carbons (Fsp3) is 0.708. The maximum Gasteiger partial charge on any atom is 0.306 e. The molecule has 1 aromatic carbocycles. The van der Waals surface area contributed by atoms with Crippen LogP contribution in [0.4, 0.5) is 0 Å². The normalized spacial score (nSPS) is 32.3. The molecule has 1 fully saturated rings. The molecule has 0 spiro atoms. The third-order valence-electron chi connectivity index (χ3n) is 12.6. The number of nitrogens with zero attached hydrogens (tertiary/aromatic N) is 4. The van der Waals surface area contributed by atoms with Crippen LogP contribution in [0.5, 0.6) is 0 Å². The molecular formula is C48H76N4O12. The number of aliphatic hydroxyl groups is 3. The number of cyclic esters (lactones) is 1. The first kappa shape index (κ1) is 53.2. The molecule has 0 radical (unpaired) electrons. The first-order valence-corrected chi connectivity index (χ1v) is 22.9. The molecule has 3 heterocycles. The molecule has 3 N–H and O–H groups in total. The Labute approximate surface area is 380 Å². The Kier molecular flexibility index (Phi) is 21.7. The maximum absolute atomic E-state index is 14.0. The highest BCUT2D eigenvalue weighted by atomic mass is 16.7. The minimum absolute atomic E-state index is 0.0661. The van der Waals surface area contributed by atoms with E-state index in [9.17, 15) is 24.9 Å².